The Kier molecular flexibility index (Phi) is 3.64. The average molecular weight is 346 g/mol. The first-order valence-electron chi connectivity index (χ1n) is 6.63. The Morgan fingerprint density at radius 3 is 2.67 bits per heavy atom. The molecule has 5 nitrogen and oxygen atoms in total. The summed E-state index contributed by atoms with van der Waals surface area (Å²) in [5, 5.41) is 0. The first-order valence-corrected chi connectivity index (χ1v) is 9.26. The summed E-state index contributed by atoms with van der Waals surface area (Å²) in [6.07, 6.45) is 0. The molecule has 8 heteroatoms. The fraction of sp³-hybridized carbons (Fsp3) is 0.462. The van der Waals surface area contributed by atoms with Crippen LogP contribution in [-0.2, 0) is 16.6 Å². The van der Waals surface area contributed by atoms with Crippen LogP contribution in [0.25, 0.3) is 0 Å². The molecular weight excluding hydrogens is 330 g/mol. The molecule has 0 bridgehead atoms. The summed E-state index contributed by atoms with van der Waals surface area (Å²) in [7, 11) is -3.56. The predicted molar refractivity (Wildman–Crippen MR) is 83.3 cm³/mol. The molecule has 1 aliphatic heterocycles. The number of hydrogen-bond acceptors (Lipinski definition) is 4. The lowest BCUT2D eigenvalue weighted by Gasteiger charge is -2.34. The highest BCUT2D eigenvalue weighted by Gasteiger charge is 2.36. The van der Waals surface area contributed by atoms with Gasteiger partial charge in [0.2, 0.25) is 0 Å². The van der Waals surface area contributed by atoms with Crippen molar-refractivity contribution in [2.24, 2.45) is 0 Å². The number of nitrogens with zero attached hydrogens (tertiary/aromatic N) is 3. The third-order valence-electron chi connectivity index (χ3n) is 3.91. The smallest absolute Gasteiger partial charge is 0.255 e. The van der Waals surface area contributed by atoms with Gasteiger partial charge in [-0.3, -0.25) is 0 Å². The largest absolute Gasteiger partial charge is 0.346 e. The van der Waals surface area contributed by atoms with Gasteiger partial charge < -0.3 is 4.57 Å². The predicted octanol–water partition coefficient (Wildman–Crippen LogP) is 2.98. The fourth-order valence-corrected chi connectivity index (χ4v) is 6.27. The highest BCUT2D eigenvalue weighted by molar-refractivity contribution is 7.91. The molecule has 0 amide bonds. The molecule has 1 unspecified atom stereocenters. The molecule has 2 aromatic heterocycles. The van der Waals surface area contributed by atoms with Gasteiger partial charge in [0.05, 0.1) is 11.7 Å². The van der Waals surface area contributed by atoms with Crippen LogP contribution in [0.5, 0.6) is 0 Å². The molecule has 0 fully saturated rings. The molecule has 3 rings (SSSR count). The van der Waals surface area contributed by atoms with Gasteiger partial charge in [-0.2, -0.15) is 4.31 Å². The molecule has 0 radical (unpaired) electrons. The third kappa shape index (κ3) is 2.32. The van der Waals surface area contributed by atoms with E-state index in [1.54, 1.807) is 11.2 Å². The van der Waals surface area contributed by atoms with Crippen molar-refractivity contribution in [1.29, 1.82) is 0 Å². The van der Waals surface area contributed by atoms with Gasteiger partial charge in [-0.25, -0.2) is 13.4 Å². The second-order valence-corrected chi connectivity index (χ2v) is 8.85. The van der Waals surface area contributed by atoms with Gasteiger partial charge in [0.15, 0.2) is 8.68 Å². The Morgan fingerprint density at radius 2 is 2.05 bits per heavy atom. The molecule has 1 atom stereocenters. The van der Waals surface area contributed by atoms with Crippen molar-refractivity contribution < 1.29 is 8.42 Å². The van der Waals surface area contributed by atoms with E-state index in [0.29, 0.717) is 18.8 Å². The summed E-state index contributed by atoms with van der Waals surface area (Å²) in [5.74, 6) is 0. The van der Waals surface area contributed by atoms with Crippen LogP contribution < -0.4 is 0 Å². The van der Waals surface area contributed by atoms with Crippen molar-refractivity contribution in [3.8, 4) is 0 Å². The van der Waals surface area contributed by atoms with Crippen molar-refractivity contribution in [1.82, 2.24) is 13.9 Å². The molecular formula is C13H16ClN3O2S2. The normalized spacial score (nSPS) is 19.7. The zero-order valence-corrected chi connectivity index (χ0v) is 14.4. The van der Waals surface area contributed by atoms with E-state index in [0.717, 1.165) is 22.7 Å². The van der Waals surface area contributed by atoms with Crippen LogP contribution in [0.15, 0.2) is 16.3 Å². The van der Waals surface area contributed by atoms with Gasteiger partial charge >= 0.3 is 0 Å². The van der Waals surface area contributed by atoms with Crippen LogP contribution in [0.2, 0.25) is 4.47 Å². The molecule has 0 saturated carbocycles. The molecule has 1 aliphatic rings. The second-order valence-electron chi connectivity index (χ2n) is 5.18. The number of fused-ring (bicyclic) bond motifs is 1. The van der Waals surface area contributed by atoms with Crippen LogP contribution >= 0.6 is 22.9 Å². The van der Waals surface area contributed by atoms with E-state index in [9.17, 15) is 8.42 Å². The molecule has 0 N–H and O–H groups in total. The van der Waals surface area contributed by atoms with Crippen LogP contribution in [-0.4, -0.2) is 28.8 Å². The lowest BCUT2D eigenvalue weighted by molar-refractivity contribution is 0.281. The number of halogens is 1. The molecule has 21 heavy (non-hydrogen) atoms. The maximum absolute atomic E-state index is 12.9. The SMILES string of the molecule is Cc1nc(Cl)sc1S(=O)(=O)N1CCn2c(C)ccc2C1C. The first-order chi connectivity index (χ1) is 9.82. The Bertz CT molecular complexity index is 794. The van der Waals surface area contributed by atoms with E-state index >= 15 is 0 Å². The molecule has 0 spiro atoms. The van der Waals surface area contributed by atoms with Gasteiger partial charge in [-0.15, -0.1) is 0 Å². The van der Waals surface area contributed by atoms with E-state index in [1.165, 1.54) is 0 Å². The topological polar surface area (TPSA) is 55.2 Å². The summed E-state index contributed by atoms with van der Waals surface area (Å²) < 4.78 is 30.0. The van der Waals surface area contributed by atoms with Gasteiger partial charge in [0, 0.05) is 24.5 Å². The summed E-state index contributed by atoms with van der Waals surface area (Å²) in [6, 6.07) is 3.82. The van der Waals surface area contributed by atoms with Crippen LogP contribution in [0, 0.1) is 13.8 Å². The van der Waals surface area contributed by atoms with Gasteiger partial charge in [0.1, 0.15) is 0 Å². The van der Waals surface area contributed by atoms with Gasteiger partial charge in [-0.1, -0.05) is 22.9 Å². The number of sulfonamides is 1. The minimum atomic E-state index is -3.56. The lowest BCUT2D eigenvalue weighted by atomic mass is 10.2. The van der Waals surface area contributed by atoms with Gasteiger partial charge in [-0.05, 0) is 32.9 Å². The zero-order chi connectivity index (χ0) is 15.4. The van der Waals surface area contributed by atoms with Crippen LogP contribution in [0.4, 0.5) is 0 Å². The quantitative estimate of drug-likeness (QED) is 0.840. The summed E-state index contributed by atoms with van der Waals surface area (Å²) >= 11 is 6.87. The van der Waals surface area contributed by atoms with Crippen molar-refractivity contribution in [2.75, 3.05) is 6.54 Å². The Balaban J connectivity index is 2.03. The number of hydrogen-bond donors (Lipinski definition) is 0. The maximum Gasteiger partial charge on any atom is 0.255 e. The minimum absolute atomic E-state index is 0.197. The fourth-order valence-electron chi connectivity index (χ4n) is 2.82. The van der Waals surface area contributed by atoms with Crippen molar-refractivity contribution in [3.05, 3.63) is 33.7 Å². The van der Waals surface area contributed by atoms with Gasteiger partial charge in [0.25, 0.3) is 10.0 Å². The summed E-state index contributed by atoms with van der Waals surface area (Å²) in [5.41, 5.74) is 2.65. The number of aromatic nitrogens is 2. The van der Waals surface area contributed by atoms with Crippen LogP contribution in [0.1, 0.15) is 30.0 Å². The average Bonchev–Trinajstić information content (AvgIpc) is 2.94. The molecule has 0 saturated heterocycles. The number of thiazole rings is 1. The molecule has 114 valence electrons. The van der Waals surface area contributed by atoms with Crippen molar-refractivity contribution in [2.45, 2.75) is 37.6 Å². The zero-order valence-electron chi connectivity index (χ0n) is 12.0. The van der Waals surface area contributed by atoms with Crippen molar-refractivity contribution >= 4 is 33.0 Å². The van der Waals surface area contributed by atoms with E-state index < -0.39 is 10.0 Å². The number of rotatable bonds is 2. The van der Waals surface area contributed by atoms with E-state index in [4.69, 9.17) is 11.6 Å². The maximum atomic E-state index is 12.9. The number of aryl methyl sites for hydroxylation is 2. The minimum Gasteiger partial charge on any atom is -0.346 e. The van der Waals surface area contributed by atoms with Crippen LogP contribution in [0.3, 0.4) is 0 Å². The molecule has 3 heterocycles. The lowest BCUT2D eigenvalue weighted by Crippen LogP contribution is -2.40. The second kappa shape index (κ2) is 5.08. The summed E-state index contributed by atoms with van der Waals surface area (Å²) in [6.45, 7) is 6.76. The third-order valence-corrected chi connectivity index (χ3v) is 7.73. The van der Waals surface area contributed by atoms with E-state index in [2.05, 4.69) is 9.55 Å². The van der Waals surface area contributed by atoms with E-state index in [1.807, 2.05) is 26.0 Å². The molecule has 0 aliphatic carbocycles. The molecule has 2 aromatic rings. The first kappa shape index (κ1) is 15.0. The Morgan fingerprint density at radius 1 is 1.33 bits per heavy atom. The monoisotopic (exact) mass is 345 g/mol. The highest BCUT2D eigenvalue weighted by atomic mass is 35.5. The highest BCUT2D eigenvalue weighted by Crippen LogP contribution is 2.36. The molecule has 0 aromatic carbocycles. The van der Waals surface area contributed by atoms with E-state index in [-0.39, 0.29) is 14.7 Å². The Hall–Kier alpha value is -0.890. The Labute approximate surface area is 133 Å². The summed E-state index contributed by atoms with van der Waals surface area (Å²) in [4.78, 5) is 4.02. The standard InChI is InChI=1S/C13H16ClN3O2S2/c1-8-4-5-11-10(3)17(7-6-16(8)11)21(18,19)12-9(2)15-13(14)20-12/h4-5,10H,6-7H2,1-3H3. The van der Waals surface area contributed by atoms with Crippen molar-refractivity contribution in [3.63, 3.8) is 0 Å².